The highest BCUT2D eigenvalue weighted by molar-refractivity contribution is 5.92. The van der Waals surface area contributed by atoms with Crippen LogP contribution >= 0.6 is 0 Å². The quantitative estimate of drug-likeness (QED) is 0.0873. The first-order chi connectivity index (χ1) is 14.2. The molecule has 1 aromatic heterocycles. The molecule has 0 saturated carbocycles. The van der Waals surface area contributed by atoms with Crippen LogP contribution in [0.3, 0.4) is 0 Å². The normalized spacial score (nSPS) is 12.3. The Morgan fingerprint density at radius 2 is 1.87 bits per heavy atom. The molecule has 0 radical (unpaired) electrons. The highest BCUT2D eigenvalue weighted by Crippen LogP contribution is 2.00. The summed E-state index contributed by atoms with van der Waals surface area (Å²) in [6.07, 6.45) is 3.44. The number of aromatic nitrogens is 2. The minimum Gasteiger partial charge on any atom is -0.480 e. The molecule has 1 heterocycles. The van der Waals surface area contributed by atoms with Crippen molar-refractivity contribution >= 4 is 29.7 Å². The van der Waals surface area contributed by atoms with Crippen molar-refractivity contribution in [1.82, 2.24) is 25.9 Å². The molecule has 166 valence electrons. The Hall–Kier alpha value is -3.68. The van der Waals surface area contributed by atoms with Crippen LogP contribution in [0.5, 0.6) is 0 Å². The molecule has 2 unspecified atom stereocenters. The van der Waals surface area contributed by atoms with Crippen LogP contribution in [0.1, 0.15) is 18.5 Å². The molecule has 0 aliphatic heterocycles. The van der Waals surface area contributed by atoms with Gasteiger partial charge < -0.3 is 43.2 Å². The molecule has 0 spiro atoms. The average Bonchev–Trinajstić information content (AvgIpc) is 3.20. The highest BCUT2D eigenvalue weighted by atomic mass is 16.4. The van der Waals surface area contributed by atoms with E-state index in [9.17, 15) is 24.3 Å². The number of nitrogens with one attached hydrogen (secondary N) is 4. The van der Waals surface area contributed by atoms with Crippen molar-refractivity contribution in [2.24, 2.45) is 22.2 Å². The first-order valence-corrected chi connectivity index (χ1v) is 9.04. The van der Waals surface area contributed by atoms with E-state index < -0.39 is 42.3 Å². The number of imidazole rings is 1. The summed E-state index contributed by atoms with van der Waals surface area (Å²) in [7, 11) is 0. The van der Waals surface area contributed by atoms with E-state index in [1.807, 2.05) is 0 Å². The topological polar surface area (TPSA) is 244 Å². The van der Waals surface area contributed by atoms with Gasteiger partial charge >= 0.3 is 5.97 Å². The van der Waals surface area contributed by atoms with Crippen molar-refractivity contribution in [2.45, 2.75) is 31.3 Å². The van der Waals surface area contributed by atoms with Crippen molar-refractivity contribution in [1.29, 1.82) is 0 Å². The van der Waals surface area contributed by atoms with Gasteiger partial charge in [0.1, 0.15) is 12.1 Å². The second-order valence-corrected chi connectivity index (χ2v) is 6.23. The maximum atomic E-state index is 12.4. The van der Waals surface area contributed by atoms with E-state index in [2.05, 4.69) is 30.9 Å². The van der Waals surface area contributed by atoms with Crippen LogP contribution in [-0.4, -0.2) is 76.4 Å². The lowest BCUT2D eigenvalue weighted by atomic mass is 10.1. The number of hydrogen-bond acceptors (Lipinski definition) is 7. The smallest absolute Gasteiger partial charge is 0.326 e. The van der Waals surface area contributed by atoms with Gasteiger partial charge in [-0.05, 0) is 12.8 Å². The molecule has 11 N–H and O–H groups in total. The van der Waals surface area contributed by atoms with Gasteiger partial charge in [0, 0.05) is 24.9 Å². The molecule has 0 aliphatic rings. The number of aliphatic carboxylic acids is 1. The molecule has 0 bridgehead atoms. The van der Waals surface area contributed by atoms with Crippen molar-refractivity contribution in [3.05, 3.63) is 18.2 Å². The van der Waals surface area contributed by atoms with Crippen LogP contribution in [-0.2, 0) is 25.6 Å². The third-order valence-electron chi connectivity index (χ3n) is 3.82. The van der Waals surface area contributed by atoms with Gasteiger partial charge in [0.05, 0.1) is 19.4 Å². The number of carbonyl (C=O) groups excluding carboxylic acids is 3. The van der Waals surface area contributed by atoms with E-state index in [-0.39, 0.29) is 31.9 Å². The zero-order valence-electron chi connectivity index (χ0n) is 16.3. The minimum atomic E-state index is -1.23. The number of hydrogen-bond donors (Lipinski definition) is 8. The van der Waals surface area contributed by atoms with Crippen LogP contribution in [0.2, 0.25) is 0 Å². The molecule has 0 aliphatic carbocycles. The molecule has 0 fully saturated rings. The van der Waals surface area contributed by atoms with Crippen LogP contribution < -0.4 is 33.2 Å². The summed E-state index contributed by atoms with van der Waals surface area (Å²) in [6.45, 7) is -0.573. The number of amides is 3. The lowest BCUT2D eigenvalue weighted by Crippen LogP contribution is -2.52. The molecule has 14 nitrogen and oxygen atoms in total. The number of nitrogens with zero attached hydrogens (tertiary/aromatic N) is 2. The Bertz CT molecular complexity index is 746. The van der Waals surface area contributed by atoms with Crippen LogP contribution in [0, 0.1) is 0 Å². The number of nitrogens with two attached hydrogens (primary N) is 3. The lowest BCUT2D eigenvalue weighted by molar-refractivity contribution is -0.142. The Balaban J connectivity index is 2.56. The number of H-pyrrole nitrogens is 1. The summed E-state index contributed by atoms with van der Waals surface area (Å²) >= 11 is 0. The summed E-state index contributed by atoms with van der Waals surface area (Å²) < 4.78 is 0. The number of aromatic amines is 1. The van der Waals surface area contributed by atoms with E-state index in [0.29, 0.717) is 12.1 Å². The zero-order valence-corrected chi connectivity index (χ0v) is 16.3. The largest absolute Gasteiger partial charge is 0.480 e. The summed E-state index contributed by atoms with van der Waals surface area (Å²) in [5.41, 5.74) is 16.2. The molecular weight excluding hydrogens is 398 g/mol. The predicted octanol–water partition coefficient (Wildman–Crippen LogP) is -3.87. The van der Waals surface area contributed by atoms with Crippen molar-refractivity contribution < 1.29 is 24.3 Å². The summed E-state index contributed by atoms with van der Waals surface area (Å²) in [6, 6.07) is -2.16. The Kier molecular flexibility index (Phi) is 10.3. The highest BCUT2D eigenvalue weighted by Gasteiger charge is 2.23. The van der Waals surface area contributed by atoms with Gasteiger partial charge in [-0.2, -0.15) is 0 Å². The Morgan fingerprint density at radius 1 is 1.17 bits per heavy atom. The van der Waals surface area contributed by atoms with E-state index in [4.69, 9.17) is 17.2 Å². The van der Waals surface area contributed by atoms with Gasteiger partial charge in [-0.1, -0.05) is 0 Å². The third-order valence-corrected chi connectivity index (χ3v) is 3.82. The average molecular weight is 425 g/mol. The van der Waals surface area contributed by atoms with Crippen LogP contribution in [0.15, 0.2) is 17.5 Å². The molecule has 0 saturated heterocycles. The van der Waals surface area contributed by atoms with E-state index in [1.54, 1.807) is 0 Å². The number of rotatable bonds is 13. The fourth-order valence-electron chi connectivity index (χ4n) is 2.38. The Labute approximate surface area is 172 Å². The third kappa shape index (κ3) is 9.50. The number of carbonyl (C=O) groups is 4. The number of aliphatic imine (C=N–C) groups is 1. The SMILES string of the molecule is NCC(=O)NC(Cc1cnc[nH]1)C(=O)NCC(=O)NC(CCCN=C(N)N)C(=O)O. The standard InChI is InChI=1S/C16H27N9O5/c17-5-12(26)25-11(4-9-6-20-8-23-9)14(28)22-7-13(27)24-10(15(29)30)2-1-3-21-16(18)19/h6,8,10-11H,1-5,7,17H2,(H,20,23)(H,22,28)(H,24,27)(H,25,26)(H,29,30)(H4,18,19,21). The van der Waals surface area contributed by atoms with E-state index >= 15 is 0 Å². The van der Waals surface area contributed by atoms with Gasteiger partial charge in [0.2, 0.25) is 17.7 Å². The second-order valence-electron chi connectivity index (χ2n) is 6.23. The first-order valence-electron chi connectivity index (χ1n) is 9.04. The maximum absolute atomic E-state index is 12.4. The molecular formula is C16H27N9O5. The molecule has 1 aromatic rings. The predicted molar refractivity (Wildman–Crippen MR) is 106 cm³/mol. The van der Waals surface area contributed by atoms with Gasteiger partial charge in [0.25, 0.3) is 0 Å². The number of carboxylic acid groups (broad SMARTS) is 1. The molecule has 30 heavy (non-hydrogen) atoms. The fraction of sp³-hybridized carbons (Fsp3) is 0.500. The van der Waals surface area contributed by atoms with Gasteiger partial charge in [0.15, 0.2) is 5.96 Å². The van der Waals surface area contributed by atoms with Gasteiger partial charge in [-0.25, -0.2) is 9.78 Å². The second kappa shape index (κ2) is 12.7. The van der Waals surface area contributed by atoms with Crippen molar-refractivity contribution in [3.8, 4) is 0 Å². The lowest BCUT2D eigenvalue weighted by Gasteiger charge is -2.18. The van der Waals surface area contributed by atoms with Crippen molar-refractivity contribution in [3.63, 3.8) is 0 Å². The molecule has 2 atom stereocenters. The maximum Gasteiger partial charge on any atom is 0.326 e. The number of guanidine groups is 1. The van der Waals surface area contributed by atoms with Crippen molar-refractivity contribution in [2.75, 3.05) is 19.6 Å². The van der Waals surface area contributed by atoms with E-state index in [0.717, 1.165) is 0 Å². The fourth-order valence-corrected chi connectivity index (χ4v) is 2.38. The number of carboxylic acids is 1. The molecule has 1 rings (SSSR count). The van der Waals surface area contributed by atoms with Gasteiger partial charge in [-0.15, -0.1) is 0 Å². The van der Waals surface area contributed by atoms with E-state index in [1.165, 1.54) is 12.5 Å². The minimum absolute atomic E-state index is 0.0980. The summed E-state index contributed by atoms with van der Waals surface area (Å²) in [4.78, 5) is 57.7. The summed E-state index contributed by atoms with van der Waals surface area (Å²) in [5, 5.41) is 16.3. The monoisotopic (exact) mass is 425 g/mol. The van der Waals surface area contributed by atoms with Gasteiger partial charge in [-0.3, -0.25) is 19.4 Å². The molecule has 14 heteroatoms. The van der Waals surface area contributed by atoms with Crippen LogP contribution in [0.25, 0.3) is 0 Å². The Morgan fingerprint density at radius 3 is 2.43 bits per heavy atom. The first kappa shape index (κ1) is 24.4. The molecule has 0 aromatic carbocycles. The molecule has 3 amide bonds. The zero-order chi connectivity index (χ0) is 22.5. The van der Waals surface area contributed by atoms with Crippen LogP contribution in [0.4, 0.5) is 0 Å². The summed E-state index contributed by atoms with van der Waals surface area (Å²) in [5.74, 6) is -3.23.